The molecule has 0 saturated carbocycles. The average Bonchev–Trinajstić information content (AvgIpc) is 2.75. The first kappa shape index (κ1) is 19.9. The number of methoxy groups -OCH3 is 1. The standard InChI is InChI=1S/C19H18N2O8/c1-26-15-5-3-2-4-12(15)10-20-18(22)11-29-19(23)13-8-16-17(28-7-6-27-16)9-14(13)21(24)25/h2-5,8-9H,6-7,10-11H2,1H3,(H,20,22). The second-order valence-electron chi connectivity index (χ2n) is 5.93. The first-order chi connectivity index (χ1) is 14.0. The topological polar surface area (TPSA) is 126 Å². The van der Waals surface area contributed by atoms with Gasteiger partial charge in [0.25, 0.3) is 11.6 Å². The smallest absolute Gasteiger partial charge is 0.345 e. The minimum Gasteiger partial charge on any atom is -0.496 e. The zero-order chi connectivity index (χ0) is 20.8. The maximum Gasteiger partial charge on any atom is 0.345 e. The van der Waals surface area contributed by atoms with Crippen LogP contribution < -0.4 is 19.5 Å². The molecular formula is C19H18N2O8. The van der Waals surface area contributed by atoms with Gasteiger partial charge in [-0.3, -0.25) is 14.9 Å². The van der Waals surface area contributed by atoms with Gasteiger partial charge in [-0.05, 0) is 6.07 Å². The Morgan fingerprint density at radius 3 is 2.55 bits per heavy atom. The van der Waals surface area contributed by atoms with Crippen LogP contribution in [0.3, 0.4) is 0 Å². The summed E-state index contributed by atoms with van der Waals surface area (Å²) in [5.41, 5.74) is -0.0670. The van der Waals surface area contributed by atoms with Crippen molar-refractivity contribution < 1.29 is 33.5 Å². The lowest BCUT2D eigenvalue weighted by atomic mass is 10.1. The predicted octanol–water partition coefficient (Wildman–Crippen LogP) is 1.85. The highest BCUT2D eigenvalue weighted by atomic mass is 16.6. The summed E-state index contributed by atoms with van der Waals surface area (Å²) in [5, 5.41) is 13.9. The third-order valence-electron chi connectivity index (χ3n) is 4.08. The molecule has 0 unspecified atom stereocenters. The fourth-order valence-electron chi connectivity index (χ4n) is 2.70. The van der Waals surface area contributed by atoms with Gasteiger partial charge in [-0.25, -0.2) is 4.79 Å². The van der Waals surface area contributed by atoms with E-state index in [0.717, 1.165) is 11.6 Å². The maximum absolute atomic E-state index is 12.3. The Morgan fingerprint density at radius 1 is 1.17 bits per heavy atom. The van der Waals surface area contributed by atoms with Crippen molar-refractivity contribution in [2.75, 3.05) is 26.9 Å². The molecule has 0 saturated heterocycles. The van der Waals surface area contributed by atoms with Crippen LogP contribution in [0.1, 0.15) is 15.9 Å². The van der Waals surface area contributed by atoms with E-state index in [0.29, 0.717) is 5.75 Å². The number of nitrogens with zero attached hydrogens (tertiary/aromatic N) is 1. The summed E-state index contributed by atoms with van der Waals surface area (Å²) in [4.78, 5) is 34.9. The number of nitro benzene ring substituents is 1. The van der Waals surface area contributed by atoms with Crippen molar-refractivity contribution in [1.82, 2.24) is 5.32 Å². The molecule has 2 aromatic carbocycles. The number of hydrogen-bond donors (Lipinski definition) is 1. The van der Waals surface area contributed by atoms with Gasteiger partial charge in [0.2, 0.25) is 0 Å². The quantitative estimate of drug-likeness (QED) is 0.422. The Bertz CT molecular complexity index is 944. The van der Waals surface area contributed by atoms with Crippen molar-refractivity contribution in [2.24, 2.45) is 0 Å². The summed E-state index contributed by atoms with van der Waals surface area (Å²) in [5.74, 6) is -0.592. The Morgan fingerprint density at radius 2 is 1.86 bits per heavy atom. The number of carbonyl (C=O) groups is 2. The number of carbonyl (C=O) groups excluding carboxylic acids is 2. The number of rotatable bonds is 7. The fraction of sp³-hybridized carbons (Fsp3) is 0.263. The van der Waals surface area contributed by atoms with Crippen LogP contribution in [0.4, 0.5) is 5.69 Å². The zero-order valence-corrected chi connectivity index (χ0v) is 15.5. The highest BCUT2D eigenvalue weighted by Gasteiger charge is 2.27. The molecule has 0 aromatic heterocycles. The van der Waals surface area contributed by atoms with Crippen molar-refractivity contribution >= 4 is 17.6 Å². The van der Waals surface area contributed by atoms with Crippen molar-refractivity contribution in [3.8, 4) is 17.2 Å². The molecule has 0 atom stereocenters. The summed E-state index contributed by atoms with van der Waals surface area (Å²) in [6.07, 6.45) is 0. The SMILES string of the molecule is COc1ccccc1CNC(=O)COC(=O)c1cc2c(cc1[N+](=O)[O-])OCCO2. The molecule has 0 fully saturated rings. The maximum atomic E-state index is 12.3. The Hall–Kier alpha value is -3.82. The normalized spacial score (nSPS) is 12.0. The molecule has 0 aliphatic carbocycles. The molecular weight excluding hydrogens is 384 g/mol. The van der Waals surface area contributed by atoms with Gasteiger partial charge in [0.1, 0.15) is 24.5 Å². The van der Waals surface area contributed by atoms with Gasteiger partial charge in [-0.1, -0.05) is 18.2 Å². The van der Waals surface area contributed by atoms with E-state index >= 15 is 0 Å². The Balaban J connectivity index is 1.63. The molecule has 1 aliphatic heterocycles. The summed E-state index contributed by atoms with van der Waals surface area (Å²) in [7, 11) is 1.52. The molecule has 0 radical (unpaired) electrons. The monoisotopic (exact) mass is 402 g/mol. The molecule has 3 rings (SSSR count). The minimum absolute atomic E-state index is 0.171. The summed E-state index contributed by atoms with van der Waals surface area (Å²) in [6, 6.07) is 9.41. The minimum atomic E-state index is -1.01. The lowest BCUT2D eigenvalue weighted by Crippen LogP contribution is -2.28. The van der Waals surface area contributed by atoms with Crippen LogP contribution in [0.15, 0.2) is 36.4 Å². The molecule has 29 heavy (non-hydrogen) atoms. The van der Waals surface area contributed by atoms with Gasteiger partial charge in [-0.15, -0.1) is 0 Å². The third kappa shape index (κ3) is 4.72. The van der Waals surface area contributed by atoms with Crippen LogP contribution in [0.25, 0.3) is 0 Å². The lowest BCUT2D eigenvalue weighted by Gasteiger charge is -2.18. The summed E-state index contributed by atoms with van der Waals surface area (Å²) in [6.45, 7) is 0.0785. The Kier molecular flexibility index (Phi) is 6.12. The van der Waals surface area contributed by atoms with E-state index in [2.05, 4.69) is 5.32 Å². The first-order valence-electron chi connectivity index (χ1n) is 8.63. The molecule has 2 aromatic rings. The number of esters is 1. The van der Waals surface area contributed by atoms with Gasteiger partial charge in [-0.2, -0.15) is 0 Å². The molecule has 10 heteroatoms. The van der Waals surface area contributed by atoms with E-state index in [9.17, 15) is 19.7 Å². The number of nitro groups is 1. The first-order valence-corrected chi connectivity index (χ1v) is 8.63. The van der Waals surface area contributed by atoms with Crippen molar-refractivity contribution in [2.45, 2.75) is 6.54 Å². The number of amides is 1. The second-order valence-corrected chi connectivity index (χ2v) is 5.93. The number of benzene rings is 2. The molecule has 1 amide bonds. The van der Waals surface area contributed by atoms with Crippen molar-refractivity contribution in [3.63, 3.8) is 0 Å². The molecule has 10 nitrogen and oxygen atoms in total. The molecule has 152 valence electrons. The molecule has 1 aliphatic rings. The number of nitrogens with one attached hydrogen (secondary N) is 1. The molecule has 0 spiro atoms. The largest absolute Gasteiger partial charge is 0.496 e. The molecule has 1 heterocycles. The average molecular weight is 402 g/mol. The summed E-state index contributed by atoms with van der Waals surface area (Å²) < 4.78 is 20.7. The van der Waals surface area contributed by atoms with Gasteiger partial charge in [0, 0.05) is 18.2 Å². The van der Waals surface area contributed by atoms with Gasteiger partial charge in [0.05, 0.1) is 18.1 Å². The highest BCUT2D eigenvalue weighted by Crippen LogP contribution is 2.36. The van der Waals surface area contributed by atoms with Crippen LogP contribution in [0.5, 0.6) is 17.2 Å². The number of hydrogen-bond acceptors (Lipinski definition) is 8. The number of ether oxygens (including phenoxy) is 4. The van der Waals surface area contributed by atoms with E-state index in [-0.39, 0.29) is 36.8 Å². The van der Waals surface area contributed by atoms with E-state index in [1.807, 2.05) is 0 Å². The van der Waals surface area contributed by atoms with E-state index in [1.54, 1.807) is 24.3 Å². The van der Waals surface area contributed by atoms with Crippen molar-refractivity contribution in [3.05, 3.63) is 57.6 Å². The van der Waals surface area contributed by atoms with Gasteiger partial charge in [0.15, 0.2) is 18.1 Å². The van der Waals surface area contributed by atoms with Crippen molar-refractivity contribution in [1.29, 1.82) is 0 Å². The van der Waals surface area contributed by atoms with E-state index < -0.39 is 29.1 Å². The number of para-hydroxylation sites is 1. The van der Waals surface area contributed by atoms with Crippen LogP contribution >= 0.6 is 0 Å². The van der Waals surface area contributed by atoms with E-state index in [1.165, 1.54) is 13.2 Å². The van der Waals surface area contributed by atoms with Crippen LogP contribution in [0.2, 0.25) is 0 Å². The molecule has 1 N–H and O–H groups in total. The van der Waals surface area contributed by atoms with Crippen LogP contribution in [0, 0.1) is 10.1 Å². The van der Waals surface area contributed by atoms with Crippen LogP contribution in [-0.2, 0) is 16.1 Å². The highest BCUT2D eigenvalue weighted by molar-refractivity contribution is 5.96. The second kappa shape index (κ2) is 8.91. The van der Waals surface area contributed by atoms with Crippen LogP contribution in [-0.4, -0.2) is 43.7 Å². The zero-order valence-electron chi connectivity index (χ0n) is 15.5. The third-order valence-corrected chi connectivity index (χ3v) is 4.08. The fourth-order valence-corrected chi connectivity index (χ4v) is 2.70. The lowest BCUT2D eigenvalue weighted by molar-refractivity contribution is -0.385. The number of fused-ring (bicyclic) bond motifs is 1. The predicted molar refractivity (Wildman–Crippen MR) is 99.2 cm³/mol. The van der Waals surface area contributed by atoms with E-state index in [4.69, 9.17) is 18.9 Å². The Labute approximate surface area is 165 Å². The summed E-state index contributed by atoms with van der Waals surface area (Å²) >= 11 is 0. The van der Waals surface area contributed by atoms with Gasteiger partial charge >= 0.3 is 5.97 Å². The molecule has 0 bridgehead atoms. The van der Waals surface area contributed by atoms with Gasteiger partial charge < -0.3 is 24.3 Å².